The van der Waals surface area contributed by atoms with Crippen LogP contribution in [-0.4, -0.2) is 4.90 Å². The number of anilines is 5. The van der Waals surface area contributed by atoms with Crippen molar-refractivity contribution < 1.29 is 0 Å². The molecule has 69 heavy (non-hydrogen) atoms. The lowest BCUT2D eigenvalue weighted by Gasteiger charge is -2.29. The SMILES string of the molecule is C=C/C(=C\C=C\N(/C=C/C=C\C)C(=C)/C=c1/ccccc1=C)N(C(=C)/C=C\C(=C)N(/C=C/C=c1/ccccc1=C)c1ccccc1)c1ccc(N(c2ccccc2)c2ccc3ccccc3c2)cc1. The maximum absolute atomic E-state index is 4.64. The Morgan fingerprint density at radius 3 is 1.68 bits per heavy atom. The number of para-hydroxylation sites is 2. The van der Waals surface area contributed by atoms with Crippen molar-refractivity contribution in [2.45, 2.75) is 6.92 Å². The standard InChI is InChI=1S/C65H58N4/c1-8-10-23-46-66(55(7)49-58-30-20-18-27-52(58)4)47-25-37-60(9-2)68(54(6)39-38-53(5)67(61-33-13-11-14-34-61)48-24-32-56-28-19-17-26-51(56)3)63-42-44-64(45-43-63)69(62-35-15-12-16-36-62)65-41-40-57-29-21-22-31-59(57)50-65/h8-50H,2-7H2,1H3/b10-8-,39-38-,46-23+,47-25+,48-24+,56-32-,58-49-,60-37+. The summed E-state index contributed by atoms with van der Waals surface area (Å²) < 4.78 is 0. The molecule has 0 aliphatic rings. The third kappa shape index (κ3) is 12.6. The van der Waals surface area contributed by atoms with Crippen molar-refractivity contribution in [3.8, 4) is 0 Å². The molecule has 0 bridgehead atoms. The minimum Gasteiger partial charge on any atom is -0.324 e. The molecule has 0 spiro atoms. The van der Waals surface area contributed by atoms with E-state index in [1.165, 1.54) is 10.8 Å². The van der Waals surface area contributed by atoms with Crippen molar-refractivity contribution in [1.82, 2.24) is 4.90 Å². The van der Waals surface area contributed by atoms with Crippen LogP contribution < -0.4 is 35.6 Å². The van der Waals surface area contributed by atoms with Gasteiger partial charge >= 0.3 is 0 Å². The maximum atomic E-state index is 4.64. The number of allylic oxidation sites excluding steroid dienone is 10. The average Bonchev–Trinajstić information content (AvgIpc) is 3.38. The van der Waals surface area contributed by atoms with Crippen molar-refractivity contribution in [3.63, 3.8) is 0 Å². The Morgan fingerprint density at radius 1 is 0.464 bits per heavy atom. The molecule has 4 heteroatoms. The number of fused-ring (bicyclic) bond motifs is 1. The summed E-state index contributed by atoms with van der Waals surface area (Å²) in [4.78, 5) is 8.40. The van der Waals surface area contributed by atoms with E-state index in [1.54, 1.807) is 0 Å². The van der Waals surface area contributed by atoms with Gasteiger partial charge in [0.25, 0.3) is 0 Å². The smallest absolute Gasteiger partial charge is 0.0468 e. The molecule has 0 heterocycles. The van der Waals surface area contributed by atoms with E-state index in [4.69, 9.17) is 0 Å². The second-order valence-electron chi connectivity index (χ2n) is 16.0. The van der Waals surface area contributed by atoms with Gasteiger partial charge in [-0.1, -0.05) is 173 Å². The highest BCUT2D eigenvalue weighted by Crippen LogP contribution is 2.38. The molecular formula is C65H58N4. The molecule has 7 aromatic rings. The van der Waals surface area contributed by atoms with E-state index < -0.39 is 0 Å². The van der Waals surface area contributed by atoms with Crippen LogP contribution in [0.2, 0.25) is 0 Å². The van der Waals surface area contributed by atoms with Gasteiger partial charge in [-0.05, 0) is 148 Å². The van der Waals surface area contributed by atoms with Crippen LogP contribution in [0.25, 0.3) is 36.1 Å². The zero-order valence-corrected chi connectivity index (χ0v) is 39.4. The summed E-state index contributed by atoms with van der Waals surface area (Å²) in [6.45, 7) is 28.3. The first-order valence-electron chi connectivity index (χ1n) is 22.8. The van der Waals surface area contributed by atoms with E-state index in [9.17, 15) is 0 Å². The van der Waals surface area contributed by atoms with Crippen LogP contribution in [0.15, 0.2) is 298 Å². The first-order chi connectivity index (χ1) is 33.7. The minimum atomic E-state index is 0.696. The van der Waals surface area contributed by atoms with Gasteiger partial charge < -0.3 is 19.6 Å². The molecule has 0 N–H and O–H groups in total. The molecule has 338 valence electrons. The highest BCUT2D eigenvalue weighted by atomic mass is 15.2. The molecule has 4 nitrogen and oxygen atoms in total. The Morgan fingerprint density at radius 2 is 1.01 bits per heavy atom. The van der Waals surface area contributed by atoms with Gasteiger partial charge in [-0.15, -0.1) is 0 Å². The highest BCUT2D eigenvalue weighted by molar-refractivity contribution is 5.89. The number of hydrogen-bond donors (Lipinski definition) is 0. The predicted molar refractivity (Wildman–Crippen MR) is 300 cm³/mol. The van der Waals surface area contributed by atoms with Crippen molar-refractivity contribution in [2.75, 3.05) is 14.7 Å². The summed E-state index contributed by atoms with van der Waals surface area (Å²) in [7, 11) is 0. The van der Waals surface area contributed by atoms with Gasteiger partial charge in [-0.2, -0.15) is 0 Å². The Balaban J connectivity index is 1.27. The summed E-state index contributed by atoms with van der Waals surface area (Å²) in [6, 6.07) is 60.2. The molecule has 0 fully saturated rings. The minimum absolute atomic E-state index is 0.696. The zero-order chi connectivity index (χ0) is 48.4. The second-order valence-corrected chi connectivity index (χ2v) is 16.0. The fraction of sp³-hybridized carbons (Fsp3) is 0.0154. The number of hydrogen-bond acceptors (Lipinski definition) is 4. The quantitative estimate of drug-likeness (QED) is 0.0750. The predicted octanol–water partition coefficient (Wildman–Crippen LogP) is 14.0. The van der Waals surface area contributed by atoms with Crippen LogP contribution >= 0.6 is 0 Å². The molecule has 0 amide bonds. The van der Waals surface area contributed by atoms with Gasteiger partial charge in [0.05, 0.1) is 0 Å². The number of benzene rings is 7. The lowest BCUT2D eigenvalue weighted by Crippen LogP contribution is -2.23. The highest BCUT2D eigenvalue weighted by Gasteiger charge is 2.17. The van der Waals surface area contributed by atoms with E-state index in [0.29, 0.717) is 5.70 Å². The fourth-order valence-corrected chi connectivity index (χ4v) is 7.68. The van der Waals surface area contributed by atoms with Crippen LogP contribution in [0.1, 0.15) is 6.92 Å². The molecule has 0 aromatic heterocycles. The van der Waals surface area contributed by atoms with Crippen molar-refractivity contribution >= 4 is 64.5 Å². The van der Waals surface area contributed by atoms with E-state index in [2.05, 4.69) is 169 Å². The lowest BCUT2D eigenvalue weighted by molar-refractivity contribution is 0.664. The third-order valence-electron chi connectivity index (χ3n) is 11.3. The Labute approximate surface area is 408 Å². The van der Waals surface area contributed by atoms with Gasteiger partial charge in [0.1, 0.15) is 0 Å². The van der Waals surface area contributed by atoms with Crippen LogP contribution in [0.4, 0.5) is 28.4 Å². The van der Waals surface area contributed by atoms with Crippen LogP contribution in [0.5, 0.6) is 0 Å². The molecule has 0 radical (unpaired) electrons. The van der Waals surface area contributed by atoms with Crippen molar-refractivity contribution in [3.05, 3.63) is 319 Å². The molecule has 0 aliphatic carbocycles. The summed E-state index contributed by atoms with van der Waals surface area (Å²) in [5.41, 5.74) is 7.98. The third-order valence-corrected chi connectivity index (χ3v) is 11.3. The average molecular weight is 895 g/mol. The lowest BCUT2D eigenvalue weighted by atomic mass is 10.1. The summed E-state index contributed by atoms with van der Waals surface area (Å²) >= 11 is 0. The topological polar surface area (TPSA) is 13.0 Å². The Bertz CT molecular complexity index is 3350. The molecule has 0 saturated heterocycles. The van der Waals surface area contributed by atoms with Gasteiger partial charge in [0, 0.05) is 69.8 Å². The van der Waals surface area contributed by atoms with Gasteiger partial charge in [-0.25, -0.2) is 0 Å². The Hall–Kier alpha value is -9.12. The van der Waals surface area contributed by atoms with E-state index in [0.717, 1.165) is 66.4 Å². The summed E-state index contributed by atoms with van der Waals surface area (Å²) in [5, 5.41) is 6.29. The van der Waals surface area contributed by atoms with Gasteiger partial charge in [0.2, 0.25) is 0 Å². The molecule has 0 atom stereocenters. The molecule has 0 aliphatic heterocycles. The van der Waals surface area contributed by atoms with Crippen molar-refractivity contribution in [2.24, 2.45) is 0 Å². The fourth-order valence-electron chi connectivity index (χ4n) is 7.68. The van der Waals surface area contributed by atoms with E-state index in [1.807, 2.05) is 158 Å². The number of rotatable bonds is 19. The molecule has 0 unspecified atom stereocenters. The molecular weight excluding hydrogens is 837 g/mol. The molecule has 0 saturated carbocycles. The summed E-state index contributed by atoms with van der Waals surface area (Å²) in [6.07, 6.45) is 27.8. The van der Waals surface area contributed by atoms with Crippen LogP contribution in [-0.2, 0) is 0 Å². The summed E-state index contributed by atoms with van der Waals surface area (Å²) in [5.74, 6) is 0. The molecule has 7 aromatic carbocycles. The molecule has 7 rings (SSSR count). The number of nitrogens with zero attached hydrogens (tertiary/aromatic N) is 4. The monoisotopic (exact) mass is 894 g/mol. The van der Waals surface area contributed by atoms with E-state index in [-0.39, 0.29) is 0 Å². The van der Waals surface area contributed by atoms with Crippen LogP contribution in [0, 0.1) is 0 Å². The second kappa shape index (κ2) is 23.9. The Kier molecular flexibility index (Phi) is 16.6. The first kappa shape index (κ1) is 47.8. The van der Waals surface area contributed by atoms with Gasteiger partial charge in [-0.3, -0.25) is 0 Å². The first-order valence-corrected chi connectivity index (χ1v) is 22.8. The zero-order valence-electron chi connectivity index (χ0n) is 39.4. The van der Waals surface area contributed by atoms with Gasteiger partial charge in [0.15, 0.2) is 0 Å². The van der Waals surface area contributed by atoms with Crippen LogP contribution in [0.3, 0.4) is 0 Å². The van der Waals surface area contributed by atoms with E-state index >= 15 is 0 Å². The largest absolute Gasteiger partial charge is 0.324 e. The van der Waals surface area contributed by atoms with Crippen molar-refractivity contribution in [1.29, 1.82) is 0 Å². The maximum Gasteiger partial charge on any atom is 0.0468 e. The normalized spacial score (nSPS) is 12.4.